The van der Waals surface area contributed by atoms with E-state index < -0.39 is 0 Å². The lowest BCUT2D eigenvalue weighted by atomic mass is 9.58. The first-order chi connectivity index (χ1) is 28.7. The van der Waals surface area contributed by atoms with Crippen LogP contribution in [0.4, 0.5) is 11.4 Å². The Hall–Kier alpha value is -4.12. The summed E-state index contributed by atoms with van der Waals surface area (Å²) in [6, 6.07) is 18.9. The van der Waals surface area contributed by atoms with Crippen molar-refractivity contribution in [3.8, 4) is 0 Å². The van der Waals surface area contributed by atoms with Crippen LogP contribution in [0, 0.1) is 29.6 Å². The molecule has 9 atom stereocenters. The number of thioether (sulfide) groups is 2. The quantitative estimate of drug-likeness (QED) is 0.257. The first-order valence-electron chi connectivity index (χ1n) is 22.3. The van der Waals surface area contributed by atoms with Crippen molar-refractivity contribution in [1.82, 2.24) is 4.90 Å². The van der Waals surface area contributed by atoms with Crippen LogP contribution in [0.1, 0.15) is 83.1 Å². The summed E-state index contributed by atoms with van der Waals surface area (Å²) < 4.78 is 0. The number of hydrogen-bond acceptors (Lipinski definition) is 4. The molecule has 9 aliphatic rings. The minimum atomic E-state index is 0.377. The Morgan fingerprint density at radius 3 is 2.53 bits per heavy atom. The normalized spacial score (nSPS) is 32.7. The van der Waals surface area contributed by atoms with Gasteiger partial charge in [-0.25, -0.2) is 0 Å². The van der Waals surface area contributed by atoms with Gasteiger partial charge in [-0.15, -0.1) is 23.5 Å². The van der Waals surface area contributed by atoms with Crippen LogP contribution >= 0.6 is 23.5 Å². The SMILES string of the molecule is CCC1CCC(N(c2ccccc2)c2cccc3c2SC2C=CC=CC32)C2C=CC3CC=C(N(C4=CC=CCC4)C4=CC=CC5C6=C(CCC=CC6)SC45)C(C)=C3C12. The van der Waals surface area contributed by atoms with Crippen LogP contribution in [0.3, 0.4) is 0 Å². The number of fused-ring (bicyclic) bond motifs is 8. The fourth-order valence-corrected chi connectivity index (χ4v) is 15.3. The molecule has 1 fully saturated rings. The van der Waals surface area contributed by atoms with Crippen molar-refractivity contribution in [2.45, 2.75) is 99.0 Å². The Bertz CT molecular complexity index is 2320. The maximum Gasteiger partial charge on any atom is 0.0598 e. The molecule has 4 heteroatoms. The Morgan fingerprint density at radius 1 is 0.776 bits per heavy atom. The molecule has 2 nitrogen and oxygen atoms in total. The molecule has 0 N–H and O–H groups in total. The molecule has 1 saturated carbocycles. The number of benzene rings is 2. The fraction of sp³-hybridized carbons (Fsp3) is 0.370. The molecule has 2 aromatic carbocycles. The van der Waals surface area contributed by atoms with Gasteiger partial charge in [-0.2, -0.15) is 0 Å². The third-order valence-corrected chi connectivity index (χ3v) is 17.8. The molecular weight excluding hydrogens is 741 g/mol. The van der Waals surface area contributed by atoms with Crippen LogP contribution in [0.2, 0.25) is 0 Å². The topological polar surface area (TPSA) is 6.48 Å². The van der Waals surface area contributed by atoms with E-state index in [2.05, 4.69) is 187 Å². The highest BCUT2D eigenvalue weighted by atomic mass is 32.2. The largest absolute Gasteiger partial charge is 0.337 e. The molecule has 0 amide bonds. The van der Waals surface area contributed by atoms with E-state index in [-0.39, 0.29) is 0 Å². The first-order valence-corrected chi connectivity index (χ1v) is 24.1. The standard InChI is InChI=1S/C54H56N2S2/c1-3-36-30-34-46(56(39-19-9-5-10-20-39)48-26-16-24-43-41-22-13-14-28-50(41)58-54(43)48)44-32-29-37-31-33-45(35(2)51(37)52(36)44)55(38-17-7-4-8-18-38)47-25-15-23-42-40-21-11-6-12-27-49(40)57-53(42)47/h4-7,9-11,13-17,19-20,22-26,28-29,32-33,36-37,41-42,44,46,50,52-53H,3,8,12,18,21,27,30-31,34H2,1-2H3. The van der Waals surface area contributed by atoms with E-state index in [1.54, 1.807) is 21.6 Å². The molecule has 2 aliphatic heterocycles. The lowest BCUT2D eigenvalue weighted by molar-refractivity contribution is 0.169. The molecule has 0 saturated heterocycles. The summed E-state index contributed by atoms with van der Waals surface area (Å²) in [7, 11) is 0. The van der Waals surface area contributed by atoms with E-state index >= 15 is 0 Å². The lowest BCUT2D eigenvalue weighted by Gasteiger charge is -2.52. The highest BCUT2D eigenvalue weighted by Gasteiger charge is 2.48. The van der Waals surface area contributed by atoms with E-state index in [4.69, 9.17) is 0 Å². The van der Waals surface area contributed by atoms with E-state index in [9.17, 15) is 0 Å². The number of hydrogen-bond donors (Lipinski definition) is 0. The van der Waals surface area contributed by atoms with Crippen LogP contribution in [0.15, 0.2) is 183 Å². The summed E-state index contributed by atoms with van der Waals surface area (Å²) in [5.74, 6) is 3.05. The average Bonchev–Trinajstić information content (AvgIpc) is 3.74. The summed E-state index contributed by atoms with van der Waals surface area (Å²) >= 11 is 4.26. The van der Waals surface area contributed by atoms with Crippen LogP contribution in [0.5, 0.6) is 0 Å². The summed E-state index contributed by atoms with van der Waals surface area (Å²) in [5, 5.41) is 0.914. The zero-order valence-electron chi connectivity index (χ0n) is 34.1. The second kappa shape index (κ2) is 15.5. The third-order valence-electron chi connectivity index (χ3n) is 14.8. The van der Waals surface area contributed by atoms with Gasteiger partial charge >= 0.3 is 0 Å². The fourth-order valence-electron chi connectivity index (χ4n) is 12.2. The van der Waals surface area contributed by atoms with Crippen LogP contribution < -0.4 is 4.90 Å². The summed E-state index contributed by atoms with van der Waals surface area (Å²) in [5.41, 5.74) is 13.6. The summed E-state index contributed by atoms with van der Waals surface area (Å²) in [4.78, 5) is 8.71. The number of para-hydroxylation sites is 1. The number of allylic oxidation sites excluding steroid dienone is 18. The zero-order chi connectivity index (χ0) is 38.7. The maximum atomic E-state index is 2.80. The molecule has 2 aromatic rings. The van der Waals surface area contributed by atoms with Crippen molar-refractivity contribution in [3.05, 3.63) is 184 Å². The molecular formula is C54H56N2S2. The smallest absolute Gasteiger partial charge is 0.0598 e. The van der Waals surface area contributed by atoms with Gasteiger partial charge in [0.25, 0.3) is 0 Å². The molecule has 294 valence electrons. The number of anilines is 2. The van der Waals surface area contributed by atoms with Crippen molar-refractivity contribution in [2.24, 2.45) is 29.6 Å². The molecule has 0 radical (unpaired) electrons. The van der Waals surface area contributed by atoms with Gasteiger partial charge in [-0.3, -0.25) is 0 Å². The minimum absolute atomic E-state index is 0.377. The number of nitrogens with zero attached hydrogens (tertiary/aromatic N) is 2. The van der Waals surface area contributed by atoms with E-state index in [0.717, 1.165) is 25.7 Å². The Kier molecular flexibility index (Phi) is 9.86. The maximum absolute atomic E-state index is 2.80. The Morgan fingerprint density at radius 2 is 1.66 bits per heavy atom. The highest BCUT2D eigenvalue weighted by Crippen LogP contribution is 2.58. The van der Waals surface area contributed by atoms with Gasteiger partial charge in [0.1, 0.15) is 0 Å². The molecule has 58 heavy (non-hydrogen) atoms. The minimum Gasteiger partial charge on any atom is -0.337 e. The van der Waals surface area contributed by atoms with Crippen LogP contribution in [0.25, 0.3) is 0 Å². The third kappa shape index (κ3) is 6.14. The predicted octanol–water partition coefficient (Wildman–Crippen LogP) is 14.4. The van der Waals surface area contributed by atoms with Crippen molar-refractivity contribution in [1.29, 1.82) is 0 Å². The molecule has 2 heterocycles. The van der Waals surface area contributed by atoms with Gasteiger partial charge in [-0.05, 0) is 122 Å². The van der Waals surface area contributed by atoms with Gasteiger partial charge in [0.05, 0.1) is 10.9 Å². The number of rotatable bonds is 7. The Labute approximate surface area is 355 Å². The van der Waals surface area contributed by atoms with Crippen LogP contribution in [-0.2, 0) is 0 Å². The van der Waals surface area contributed by atoms with Crippen molar-refractivity contribution < 1.29 is 0 Å². The van der Waals surface area contributed by atoms with Gasteiger partial charge in [0.15, 0.2) is 0 Å². The van der Waals surface area contributed by atoms with Gasteiger partial charge in [-0.1, -0.05) is 128 Å². The van der Waals surface area contributed by atoms with E-state index in [1.807, 2.05) is 0 Å². The van der Waals surface area contributed by atoms with E-state index in [1.165, 1.54) is 71.0 Å². The highest BCUT2D eigenvalue weighted by molar-refractivity contribution is 8.04. The van der Waals surface area contributed by atoms with Crippen molar-refractivity contribution in [3.63, 3.8) is 0 Å². The molecule has 0 spiro atoms. The molecule has 0 bridgehead atoms. The molecule has 0 aromatic heterocycles. The summed E-state index contributed by atoms with van der Waals surface area (Å²) in [6.07, 6.45) is 47.1. The van der Waals surface area contributed by atoms with Crippen molar-refractivity contribution in [2.75, 3.05) is 4.90 Å². The summed E-state index contributed by atoms with van der Waals surface area (Å²) in [6.45, 7) is 4.99. The molecule has 11 rings (SSSR count). The monoisotopic (exact) mass is 796 g/mol. The van der Waals surface area contributed by atoms with Gasteiger partial charge in [0.2, 0.25) is 0 Å². The lowest BCUT2D eigenvalue weighted by Crippen LogP contribution is -2.49. The van der Waals surface area contributed by atoms with Crippen molar-refractivity contribution >= 4 is 34.9 Å². The van der Waals surface area contributed by atoms with Gasteiger partial charge < -0.3 is 9.80 Å². The zero-order valence-corrected chi connectivity index (χ0v) is 35.7. The van der Waals surface area contributed by atoms with E-state index in [0.29, 0.717) is 52.0 Å². The average molecular weight is 797 g/mol. The Balaban J connectivity index is 0.998. The second-order valence-electron chi connectivity index (χ2n) is 17.8. The predicted molar refractivity (Wildman–Crippen MR) is 248 cm³/mol. The molecule has 9 unspecified atom stereocenters. The van der Waals surface area contributed by atoms with Gasteiger partial charge in [0, 0.05) is 62.6 Å². The first kappa shape index (κ1) is 36.9. The second-order valence-corrected chi connectivity index (χ2v) is 20.2. The molecule has 7 aliphatic carbocycles. The van der Waals surface area contributed by atoms with Crippen LogP contribution in [-0.4, -0.2) is 21.4 Å².